The molecule has 1 atom stereocenters. The van der Waals surface area contributed by atoms with E-state index in [1.54, 1.807) is 0 Å². The third kappa shape index (κ3) is 3.44. The van der Waals surface area contributed by atoms with Gasteiger partial charge in [0.15, 0.2) is 0 Å². The normalized spacial score (nSPS) is 20.5. The molecule has 0 aliphatic heterocycles. The second-order valence-corrected chi connectivity index (χ2v) is 4.05. The molecule has 0 aromatic carbocycles. The number of esters is 2. The lowest BCUT2D eigenvalue weighted by Crippen LogP contribution is -2.19. The molecule has 0 bridgehead atoms. The van der Waals surface area contributed by atoms with Crippen LogP contribution in [0.3, 0.4) is 0 Å². The van der Waals surface area contributed by atoms with Gasteiger partial charge in [-0.1, -0.05) is 11.6 Å². The van der Waals surface area contributed by atoms with Crippen molar-refractivity contribution in [2.24, 2.45) is 5.92 Å². The van der Waals surface area contributed by atoms with Crippen LogP contribution in [-0.2, 0) is 19.1 Å². The van der Waals surface area contributed by atoms with E-state index in [9.17, 15) is 9.59 Å². The highest BCUT2D eigenvalue weighted by atomic mass is 16.5. The number of rotatable bonds is 3. The minimum absolute atomic E-state index is 0.0321. The van der Waals surface area contributed by atoms with Crippen LogP contribution in [0, 0.1) is 5.92 Å². The van der Waals surface area contributed by atoms with Gasteiger partial charge in [-0.15, -0.1) is 0 Å². The SMILES string of the molecule is COC(=O)/C=C(\C(=O)OC)C1CCCC=C1C. The Kier molecular flexibility index (Phi) is 4.94. The lowest BCUT2D eigenvalue weighted by Gasteiger charge is -2.23. The molecule has 94 valence electrons. The van der Waals surface area contributed by atoms with Crippen LogP contribution in [-0.4, -0.2) is 26.2 Å². The van der Waals surface area contributed by atoms with Crippen molar-refractivity contribution in [1.29, 1.82) is 0 Å². The Labute approximate surface area is 101 Å². The van der Waals surface area contributed by atoms with Crippen molar-refractivity contribution in [3.05, 3.63) is 23.3 Å². The van der Waals surface area contributed by atoms with Crippen LogP contribution in [0.1, 0.15) is 26.2 Å². The molecule has 4 nitrogen and oxygen atoms in total. The van der Waals surface area contributed by atoms with Gasteiger partial charge in [0.2, 0.25) is 0 Å². The molecule has 0 fully saturated rings. The van der Waals surface area contributed by atoms with Crippen LogP contribution < -0.4 is 0 Å². The summed E-state index contributed by atoms with van der Waals surface area (Å²) in [6.45, 7) is 1.97. The maximum atomic E-state index is 11.7. The second kappa shape index (κ2) is 6.23. The Bertz CT molecular complexity index is 366. The molecule has 0 heterocycles. The van der Waals surface area contributed by atoms with E-state index in [0.29, 0.717) is 5.57 Å². The zero-order chi connectivity index (χ0) is 12.8. The molecule has 1 aliphatic rings. The average molecular weight is 238 g/mol. The van der Waals surface area contributed by atoms with Gasteiger partial charge < -0.3 is 9.47 Å². The third-order valence-electron chi connectivity index (χ3n) is 2.98. The van der Waals surface area contributed by atoms with Crippen LogP contribution in [0.4, 0.5) is 0 Å². The molecular formula is C13H18O4. The molecule has 0 radical (unpaired) electrons. The van der Waals surface area contributed by atoms with Gasteiger partial charge in [0.25, 0.3) is 0 Å². The first kappa shape index (κ1) is 13.5. The van der Waals surface area contributed by atoms with E-state index in [0.717, 1.165) is 24.8 Å². The first-order chi connectivity index (χ1) is 8.10. The van der Waals surface area contributed by atoms with Gasteiger partial charge in [-0.2, -0.15) is 0 Å². The van der Waals surface area contributed by atoms with E-state index in [-0.39, 0.29) is 5.92 Å². The third-order valence-corrected chi connectivity index (χ3v) is 2.98. The Morgan fingerprint density at radius 3 is 2.59 bits per heavy atom. The Hall–Kier alpha value is -1.58. The van der Waals surface area contributed by atoms with Gasteiger partial charge >= 0.3 is 11.9 Å². The van der Waals surface area contributed by atoms with Crippen LogP contribution in [0.2, 0.25) is 0 Å². The van der Waals surface area contributed by atoms with Crippen molar-refractivity contribution in [2.75, 3.05) is 14.2 Å². The average Bonchev–Trinajstić information content (AvgIpc) is 2.35. The lowest BCUT2D eigenvalue weighted by molar-refractivity contribution is -0.139. The van der Waals surface area contributed by atoms with Crippen LogP contribution in [0.15, 0.2) is 23.3 Å². The molecule has 0 N–H and O–H groups in total. The zero-order valence-corrected chi connectivity index (χ0v) is 10.5. The van der Waals surface area contributed by atoms with E-state index >= 15 is 0 Å². The largest absolute Gasteiger partial charge is 0.466 e. The molecule has 1 rings (SSSR count). The number of allylic oxidation sites excluding steroid dienone is 2. The molecule has 0 spiro atoms. The molecule has 17 heavy (non-hydrogen) atoms. The number of carbonyl (C=O) groups is 2. The predicted octanol–water partition coefficient (Wildman–Crippen LogP) is 2.01. The van der Waals surface area contributed by atoms with E-state index in [4.69, 9.17) is 4.74 Å². The first-order valence-corrected chi connectivity index (χ1v) is 5.64. The monoisotopic (exact) mass is 238 g/mol. The summed E-state index contributed by atoms with van der Waals surface area (Å²) in [6, 6.07) is 0. The number of hydrogen-bond acceptors (Lipinski definition) is 4. The molecule has 0 aromatic rings. The molecule has 0 aromatic heterocycles. The standard InChI is InChI=1S/C13H18O4/c1-9-6-4-5-7-10(9)11(13(15)17-3)8-12(14)16-2/h6,8,10H,4-5,7H2,1-3H3/b11-8-. The number of ether oxygens (including phenoxy) is 2. The summed E-state index contributed by atoms with van der Waals surface area (Å²) >= 11 is 0. The van der Waals surface area contributed by atoms with Gasteiger partial charge in [0.1, 0.15) is 0 Å². The van der Waals surface area contributed by atoms with Crippen molar-refractivity contribution in [3.8, 4) is 0 Å². The molecule has 4 heteroatoms. The molecule has 1 aliphatic carbocycles. The fourth-order valence-electron chi connectivity index (χ4n) is 2.03. The highest BCUT2D eigenvalue weighted by molar-refractivity contribution is 5.97. The van der Waals surface area contributed by atoms with Crippen molar-refractivity contribution in [2.45, 2.75) is 26.2 Å². The molecule has 0 saturated heterocycles. The minimum Gasteiger partial charge on any atom is -0.466 e. The van der Waals surface area contributed by atoms with Gasteiger partial charge in [0, 0.05) is 12.0 Å². The molecule has 0 amide bonds. The maximum Gasteiger partial charge on any atom is 0.334 e. The minimum atomic E-state index is -0.524. The van der Waals surface area contributed by atoms with Crippen molar-refractivity contribution in [3.63, 3.8) is 0 Å². The molecule has 1 unspecified atom stereocenters. The number of hydrogen-bond donors (Lipinski definition) is 0. The van der Waals surface area contributed by atoms with Crippen molar-refractivity contribution in [1.82, 2.24) is 0 Å². The quantitative estimate of drug-likeness (QED) is 0.429. The van der Waals surface area contributed by atoms with E-state index in [2.05, 4.69) is 10.8 Å². The van der Waals surface area contributed by atoms with Gasteiger partial charge in [-0.3, -0.25) is 0 Å². The summed E-state index contributed by atoms with van der Waals surface area (Å²) in [5.74, 6) is -1.02. The molecule has 0 saturated carbocycles. The summed E-state index contributed by atoms with van der Waals surface area (Å²) in [4.78, 5) is 22.9. The van der Waals surface area contributed by atoms with E-state index < -0.39 is 11.9 Å². The highest BCUT2D eigenvalue weighted by Crippen LogP contribution is 2.31. The van der Waals surface area contributed by atoms with Crippen molar-refractivity contribution < 1.29 is 19.1 Å². The number of carbonyl (C=O) groups excluding carboxylic acids is 2. The van der Waals surface area contributed by atoms with Gasteiger partial charge in [-0.25, -0.2) is 9.59 Å². The fourth-order valence-corrected chi connectivity index (χ4v) is 2.03. The Morgan fingerprint density at radius 1 is 1.35 bits per heavy atom. The molecular weight excluding hydrogens is 220 g/mol. The topological polar surface area (TPSA) is 52.6 Å². The van der Waals surface area contributed by atoms with Crippen LogP contribution >= 0.6 is 0 Å². The lowest BCUT2D eigenvalue weighted by atomic mass is 9.83. The summed E-state index contributed by atoms with van der Waals surface area (Å²) < 4.78 is 9.28. The van der Waals surface area contributed by atoms with E-state index in [1.165, 1.54) is 20.3 Å². The summed E-state index contributed by atoms with van der Waals surface area (Å²) in [6.07, 6.45) is 6.23. The summed E-state index contributed by atoms with van der Waals surface area (Å²) in [5, 5.41) is 0. The Balaban J connectivity index is 3.02. The van der Waals surface area contributed by atoms with Crippen LogP contribution in [0.25, 0.3) is 0 Å². The fraction of sp³-hybridized carbons (Fsp3) is 0.538. The summed E-state index contributed by atoms with van der Waals surface area (Å²) in [5.41, 5.74) is 1.49. The predicted molar refractivity (Wildman–Crippen MR) is 63.2 cm³/mol. The second-order valence-electron chi connectivity index (χ2n) is 4.05. The Morgan fingerprint density at radius 2 is 2.06 bits per heavy atom. The number of methoxy groups -OCH3 is 2. The zero-order valence-electron chi connectivity index (χ0n) is 10.5. The highest BCUT2D eigenvalue weighted by Gasteiger charge is 2.25. The van der Waals surface area contributed by atoms with Gasteiger partial charge in [-0.05, 0) is 26.2 Å². The summed E-state index contributed by atoms with van der Waals surface area (Å²) in [7, 11) is 2.60. The van der Waals surface area contributed by atoms with E-state index in [1.807, 2.05) is 6.92 Å². The van der Waals surface area contributed by atoms with Gasteiger partial charge in [0.05, 0.1) is 19.8 Å². The smallest absolute Gasteiger partial charge is 0.334 e. The first-order valence-electron chi connectivity index (χ1n) is 5.64. The van der Waals surface area contributed by atoms with Crippen molar-refractivity contribution >= 4 is 11.9 Å². The maximum absolute atomic E-state index is 11.7. The van der Waals surface area contributed by atoms with Crippen LogP contribution in [0.5, 0.6) is 0 Å².